The van der Waals surface area contributed by atoms with Gasteiger partial charge in [-0.25, -0.2) is 0 Å². The average Bonchev–Trinajstić information content (AvgIpc) is 3.05. The van der Waals surface area contributed by atoms with Crippen molar-refractivity contribution in [3.63, 3.8) is 0 Å². The van der Waals surface area contributed by atoms with E-state index in [1.165, 1.54) is 0 Å². The molecule has 0 radical (unpaired) electrons. The molecule has 2 N–H and O–H groups in total. The Hall–Kier alpha value is -0.800. The first kappa shape index (κ1) is 23.2. The van der Waals surface area contributed by atoms with Gasteiger partial charge in [-0.2, -0.15) is 0 Å². The highest BCUT2D eigenvalue weighted by atomic mass is 35.5. The molecule has 1 unspecified atom stereocenters. The van der Waals surface area contributed by atoms with Gasteiger partial charge in [0.15, 0.2) is 11.5 Å². The molecule has 7 nitrogen and oxygen atoms in total. The zero-order valence-corrected chi connectivity index (χ0v) is 16.2. The van der Waals surface area contributed by atoms with Crippen LogP contribution < -0.4 is 34.3 Å². The molecule has 3 rings (SSSR count). The van der Waals surface area contributed by atoms with Crippen LogP contribution in [0.4, 0.5) is 0 Å². The Balaban J connectivity index is 0.00000169. The predicted octanol–water partition coefficient (Wildman–Crippen LogP) is -6.09. The van der Waals surface area contributed by atoms with E-state index in [-0.39, 0.29) is 38.2 Å². The molecular weight excluding hydrogens is 383 g/mol. The van der Waals surface area contributed by atoms with Crippen molar-refractivity contribution < 1.29 is 49.2 Å². The van der Waals surface area contributed by atoms with E-state index in [1.54, 1.807) is 0 Å². The number of nitrogens with zero attached hydrogens (tertiary/aromatic N) is 2. The largest absolute Gasteiger partial charge is 1.00 e. The fourth-order valence-electron chi connectivity index (χ4n) is 3.03. The molecule has 2 aliphatic heterocycles. The summed E-state index contributed by atoms with van der Waals surface area (Å²) in [5.41, 5.74) is 1.00. The minimum Gasteiger partial charge on any atom is -1.00 e. The summed E-state index contributed by atoms with van der Waals surface area (Å²) in [5, 5.41) is 19.1. The molecule has 1 fully saturated rings. The number of rotatable bonds is 8. The van der Waals surface area contributed by atoms with Crippen molar-refractivity contribution in [1.29, 1.82) is 0 Å². The Morgan fingerprint density at radius 3 is 2.46 bits per heavy atom. The molecule has 2 heterocycles. The summed E-state index contributed by atoms with van der Waals surface area (Å²) in [6.07, 6.45) is -0.497. The van der Waals surface area contributed by atoms with Crippen LogP contribution in [0, 0.1) is 0 Å². The van der Waals surface area contributed by atoms with E-state index in [0.29, 0.717) is 19.8 Å². The van der Waals surface area contributed by atoms with E-state index in [0.717, 1.165) is 49.8 Å². The number of aliphatic hydroxyl groups excluding tert-OH is 2. The summed E-state index contributed by atoms with van der Waals surface area (Å²) in [7, 11) is 0. The number of β-amino-alcohol motifs (C(OH)–C–C–N with tert-alkyl or cyclic N) is 2. The second kappa shape index (κ2) is 11.8. The maximum atomic E-state index is 10.1. The summed E-state index contributed by atoms with van der Waals surface area (Å²) in [5.74, 6) is 1.51. The molecule has 26 heavy (non-hydrogen) atoms. The van der Waals surface area contributed by atoms with Crippen LogP contribution in [0.2, 0.25) is 0 Å². The first-order valence-electron chi connectivity index (χ1n) is 8.44. The Labute approximate surface area is 166 Å². The number of halogens is 2. The van der Waals surface area contributed by atoms with Crippen molar-refractivity contribution in [1.82, 2.24) is 9.80 Å². The maximum Gasteiger partial charge on any atom is 0.231 e. The lowest BCUT2D eigenvalue weighted by atomic mass is 10.2. The van der Waals surface area contributed by atoms with Crippen LogP contribution in [0.3, 0.4) is 0 Å². The molecule has 150 valence electrons. The van der Waals surface area contributed by atoms with E-state index in [1.807, 2.05) is 18.2 Å². The van der Waals surface area contributed by atoms with Gasteiger partial charge in [-0.15, -0.1) is 0 Å². The van der Waals surface area contributed by atoms with Crippen LogP contribution in [0.5, 0.6) is 11.5 Å². The van der Waals surface area contributed by atoms with Gasteiger partial charge in [0, 0.05) is 39.3 Å². The van der Waals surface area contributed by atoms with Crippen LogP contribution in [0.15, 0.2) is 18.2 Å². The third-order valence-electron chi connectivity index (χ3n) is 4.37. The molecule has 0 spiro atoms. The molecule has 1 atom stereocenters. The zero-order valence-electron chi connectivity index (χ0n) is 14.6. The number of hydrogen-bond acceptors (Lipinski definition) is 7. The van der Waals surface area contributed by atoms with Gasteiger partial charge in [0.1, 0.15) is 0 Å². The second-order valence-corrected chi connectivity index (χ2v) is 6.22. The summed E-state index contributed by atoms with van der Waals surface area (Å²) in [4.78, 5) is 4.47. The highest BCUT2D eigenvalue weighted by molar-refractivity contribution is 5.44. The van der Waals surface area contributed by atoms with Crippen LogP contribution >= 0.6 is 0 Å². The number of benzene rings is 1. The van der Waals surface area contributed by atoms with Gasteiger partial charge in [0.05, 0.1) is 25.9 Å². The number of piperazine rings is 1. The molecule has 1 aromatic carbocycles. The lowest BCUT2D eigenvalue weighted by Crippen LogP contribution is -3.00. The molecule has 2 aliphatic rings. The van der Waals surface area contributed by atoms with E-state index in [4.69, 9.17) is 19.3 Å². The topological polar surface area (TPSA) is 74.6 Å². The van der Waals surface area contributed by atoms with E-state index in [9.17, 15) is 5.11 Å². The fraction of sp³-hybridized carbons (Fsp3) is 0.647. The first-order valence-corrected chi connectivity index (χ1v) is 8.44. The van der Waals surface area contributed by atoms with Crippen molar-refractivity contribution in [2.45, 2.75) is 12.7 Å². The van der Waals surface area contributed by atoms with Crippen molar-refractivity contribution in [2.75, 3.05) is 59.3 Å². The van der Waals surface area contributed by atoms with Crippen LogP contribution in [0.1, 0.15) is 5.56 Å². The van der Waals surface area contributed by atoms with Gasteiger partial charge in [-0.1, -0.05) is 6.07 Å². The van der Waals surface area contributed by atoms with Gasteiger partial charge >= 0.3 is 0 Å². The molecule has 0 saturated carbocycles. The van der Waals surface area contributed by atoms with Crippen LogP contribution in [0.25, 0.3) is 0 Å². The van der Waals surface area contributed by atoms with Crippen molar-refractivity contribution in [2.24, 2.45) is 0 Å². The lowest BCUT2D eigenvalue weighted by molar-refractivity contribution is -0.00100. The number of aliphatic hydroxyl groups is 2. The Kier molecular flexibility index (Phi) is 10.6. The normalized spacial score (nSPS) is 18.1. The molecule has 9 heteroatoms. The SMILES string of the molecule is OCCN1CCN(CC(O)COCc2ccc3c(c2)OCO3)CC1.[Cl-].[Cl-]. The van der Waals surface area contributed by atoms with Crippen molar-refractivity contribution in [3.05, 3.63) is 23.8 Å². The Bertz CT molecular complexity index is 530. The first-order chi connectivity index (χ1) is 11.7. The summed E-state index contributed by atoms with van der Waals surface area (Å²) in [6.45, 7) is 6.28. The quantitative estimate of drug-likeness (QED) is 0.443. The summed E-state index contributed by atoms with van der Waals surface area (Å²) in [6, 6.07) is 5.73. The summed E-state index contributed by atoms with van der Waals surface area (Å²) < 4.78 is 16.2. The lowest BCUT2D eigenvalue weighted by Gasteiger charge is -2.35. The number of fused-ring (bicyclic) bond motifs is 1. The highest BCUT2D eigenvalue weighted by Gasteiger charge is 2.19. The third-order valence-corrected chi connectivity index (χ3v) is 4.37. The molecule has 0 amide bonds. The number of hydrogen-bond donors (Lipinski definition) is 2. The second-order valence-electron chi connectivity index (χ2n) is 6.22. The summed E-state index contributed by atoms with van der Waals surface area (Å²) >= 11 is 0. The molecule has 1 saturated heterocycles. The third kappa shape index (κ3) is 6.74. The minimum atomic E-state index is -0.497. The zero-order chi connectivity index (χ0) is 16.8. The predicted molar refractivity (Wildman–Crippen MR) is 88.2 cm³/mol. The van der Waals surface area contributed by atoms with Gasteiger partial charge in [0.25, 0.3) is 0 Å². The van der Waals surface area contributed by atoms with Gasteiger partial charge in [-0.05, 0) is 17.7 Å². The number of ether oxygens (including phenoxy) is 3. The monoisotopic (exact) mass is 408 g/mol. The average molecular weight is 409 g/mol. The van der Waals surface area contributed by atoms with E-state index in [2.05, 4.69) is 9.80 Å². The van der Waals surface area contributed by atoms with Gasteiger partial charge < -0.3 is 49.2 Å². The molecule has 0 bridgehead atoms. The smallest absolute Gasteiger partial charge is 0.231 e. The Morgan fingerprint density at radius 2 is 1.73 bits per heavy atom. The van der Waals surface area contributed by atoms with Crippen LogP contribution in [-0.2, 0) is 11.3 Å². The van der Waals surface area contributed by atoms with E-state index < -0.39 is 6.10 Å². The van der Waals surface area contributed by atoms with Gasteiger partial charge in [0.2, 0.25) is 6.79 Å². The van der Waals surface area contributed by atoms with E-state index >= 15 is 0 Å². The Morgan fingerprint density at radius 1 is 1.04 bits per heavy atom. The standard InChI is InChI=1S/C17H26N2O5.2ClH/c20-8-7-18-3-5-19(6-4-18)10-15(21)12-22-11-14-1-2-16-17(9-14)24-13-23-16;;/h1-2,9,15,20-21H,3-8,10-13H2;2*1H/p-2. The maximum absolute atomic E-state index is 10.1. The van der Waals surface area contributed by atoms with Crippen LogP contribution in [-0.4, -0.2) is 85.4 Å². The van der Waals surface area contributed by atoms with Crippen molar-refractivity contribution in [3.8, 4) is 11.5 Å². The van der Waals surface area contributed by atoms with Gasteiger partial charge in [-0.3, -0.25) is 9.80 Å². The molecular formula is C17H26Cl2N2O5-2. The fourth-order valence-corrected chi connectivity index (χ4v) is 3.03. The molecule has 0 aromatic heterocycles. The van der Waals surface area contributed by atoms with Crippen molar-refractivity contribution >= 4 is 0 Å². The highest BCUT2D eigenvalue weighted by Crippen LogP contribution is 2.32. The minimum absolute atomic E-state index is 0. The molecule has 1 aromatic rings. The molecule has 0 aliphatic carbocycles.